The van der Waals surface area contributed by atoms with E-state index in [1.54, 1.807) is 6.07 Å². The van der Waals surface area contributed by atoms with Gasteiger partial charge in [-0.25, -0.2) is 4.79 Å². The van der Waals surface area contributed by atoms with Crippen molar-refractivity contribution in [2.75, 3.05) is 13.2 Å². The van der Waals surface area contributed by atoms with Gasteiger partial charge in [-0.15, -0.1) is 0 Å². The van der Waals surface area contributed by atoms with E-state index in [-0.39, 0.29) is 12.1 Å². The lowest BCUT2D eigenvalue weighted by atomic mass is 10.1. The maximum atomic E-state index is 12.2. The van der Waals surface area contributed by atoms with E-state index in [0.29, 0.717) is 12.2 Å². The van der Waals surface area contributed by atoms with Gasteiger partial charge in [-0.05, 0) is 49.9 Å². The second-order valence-corrected chi connectivity index (χ2v) is 6.57. The normalized spacial score (nSPS) is 17.0. The lowest BCUT2D eigenvalue weighted by Crippen LogP contribution is -2.36. The highest BCUT2D eigenvalue weighted by Crippen LogP contribution is 2.26. The molecule has 0 saturated carbocycles. The summed E-state index contributed by atoms with van der Waals surface area (Å²) in [5.74, 6) is 0.899. The van der Waals surface area contributed by atoms with E-state index in [4.69, 9.17) is 14.4 Å². The number of carbonyl (C=O) groups excluding carboxylic acids is 1. The van der Waals surface area contributed by atoms with E-state index in [1.165, 1.54) is 0 Å². The van der Waals surface area contributed by atoms with Crippen LogP contribution in [0.15, 0.2) is 28.7 Å². The minimum Gasteiger partial charge on any atom is -0.461 e. The summed E-state index contributed by atoms with van der Waals surface area (Å²) in [6.07, 6.45) is 5.44. The Kier molecular flexibility index (Phi) is 5.60. The molecular formula is C20H24N2O3. The summed E-state index contributed by atoms with van der Waals surface area (Å²) in [5.41, 5.74) is 1.44. The third-order valence-corrected chi connectivity index (χ3v) is 4.76. The summed E-state index contributed by atoms with van der Waals surface area (Å²) in [7, 11) is 0. The van der Waals surface area contributed by atoms with Gasteiger partial charge in [-0.2, -0.15) is 5.26 Å². The highest BCUT2D eigenvalue weighted by Gasteiger charge is 2.29. The molecule has 25 heavy (non-hydrogen) atoms. The molecule has 0 unspecified atom stereocenters. The maximum absolute atomic E-state index is 12.2. The quantitative estimate of drug-likeness (QED) is 0.719. The van der Waals surface area contributed by atoms with Gasteiger partial charge >= 0.3 is 6.09 Å². The van der Waals surface area contributed by atoms with Gasteiger partial charge in [0.25, 0.3) is 0 Å². The minimum absolute atomic E-state index is 0.181. The Bertz CT molecular complexity index is 775. The fourth-order valence-corrected chi connectivity index (χ4v) is 3.36. The van der Waals surface area contributed by atoms with Crippen LogP contribution in [-0.2, 0) is 11.2 Å². The minimum atomic E-state index is -0.181. The van der Waals surface area contributed by atoms with Crippen molar-refractivity contribution in [2.45, 2.75) is 51.5 Å². The second-order valence-electron chi connectivity index (χ2n) is 6.57. The molecule has 1 aromatic heterocycles. The van der Waals surface area contributed by atoms with E-state index < -0.39 is 0 Å². The second kappa shape index (κ2) is 8.06. The molecule has 1 aliphatic heterocycles. The number of nitrogens with zero attached hydrogens (tertiary/aromatic N) is 2. The number of fused-ring (bicyclic) bond motifs is 1. The molecule has 5 nitrogen and oxygen atoms in total. The van der Waals surface area contributed by atoms with Crippen molar-refractivity contribution in [1.29, 1.82) is 5.26 Å². The number of rotatable bonds is 6. The number of furan rings is 1. The van der Waals surface area contributed by atoms with Gasteiger partial charge in [-0.1, -0.05) is 13.3 Å². The monoisotopic (exact) mass is 340 g/mol. The first-order valence-electron chi connectivity index (χ1n) is 9.07. The fraction of sp³-hybridized carbons (Fsp3) is 0.500. The summed E-state index contributed by atoms with van der Waals surface area (Å²) in [6, 6.07) is 9.80. The molecular weight excluding hydrogens is 316 g/mol. The van der Waals surface area contributed by atoms with Crippen LogP contribution in [-0.4, -0.2) is 30.2 Å². The third-order valence-electron chi connectivity index (χ3n) is 4.76. The first-order chi connectivity index (χ1) is 12.2. The van der Waals surface area contributed by atoms with Gasteiger partial charge in [0, 0.05) is 24.4 Å². The Labute approximate surface area is 148 Å². The maximum Gasteiger partial charge on any atom is 0.410 e. The van der Waals surface area contributed by atoms with Crippen molar-refractivity contribution in [3.05, 3.63) is 35.6 Å². The number of carbonyl (C=O) groups is 1. The lowest BCUT2D eigenvalue weighted by molar-refractivity contribution is 0.0954. The molecule has 132 valence electrons. The van der Waals surface area contributed by atoms with Crippen molar-refractivity contribution >= 4 is 17.1 Å². The number of likely N-dealkylation sites (tertiary alicyclic amines) is 1. The molecule has 1 aromatic carbocycles. The van der Waals surface area contributed by atoms with E-state index >= 15 is 0 Å². The molecule has 2 aromatic rings. The third kappa shape index (κ3) is 4.14. The zero-order chi connectivity index (χ0) is 17.6. The van der Waals surface area contributed by atoms with Crippen LogP contribution in [0.2, 0.25) is 0 Å². The summed E-state index contributed by atoms with van der Waals surface area (Å²) >= 11 is 0. The summed E-state index contributed by atoms with van der Waals surface area (Å²) in [4.78, 5) is 14.1. The molecule has 1 fully saturated rings. The van der Waals surface area contributed by atoms with Gasteiger partial charge in [0.05, 0.1) is 18.2 Å². The van der Waals surface area contributed by atoms with Crippen molar-refractivity contribution in [3.8, 4) is 6.07 Å². The SMILES string of the molecule is CCCCOC(=O)N1CCC[C@H]1CCc1cc2cc(C#N)ccc2o1. The smallest absolute Gasteiger partial charge is 0.410 e. The molecule has 3 rings (SSSR count). The van der Waals surface area contributed by atoms with Crippen LogP contribution in [0.3, 0.4) is 0 Å². The van der Waals surface area contributed by atoms with E-state index in [1.807, 2.05) is 23.1 Å². The Morgan fingerprint density at radius 1 is 1.44 bits per heavy atom. The Morgan fingerprint density at radius 2 is 2.32 bits per heavy atom. The zero-order valence-corrected chi connectivity index (χ0v) is 14.7. The number of nitriles is 1. The van der Waals surface area contributed by atoms with Crippen molar-refractivity contribution in [2.24, 2.45) is 0 Å². The number of unbranched alkanes of at least 4 members (excludes halogenated alkanes) is 1. The largest absolute Gasteiger partial charge is 0.461 e. The Hall–Kier alpha value is -2.48. The van der Waals surface area contributed by atoms with Crippen LogP contribution < -0.4 is 0 Å². The van der Waals surface area contributed by atoms with Crippen LogP contribution in [0.25, 0.3) is 11.0 Å². The summed E-state index contributed by atoms with van der Waals surface area (Å²) in [6.45, 7) is 3.37. The topological polar surface area (TPSA) is 66.5 Å². The van der Waals surface area contributed by atoms with Crippen molar-refractivity contribution < 1.29 is 13.9 Å². The number of amides is 1. The number of hydrogen-bond acceptors (Lipinski definition) is 4. The van der Waals surface area contributed by atoms with Gasteiger partial charge in [0.2, 0.25) is 0 Å². The standard InChI is InChI=1S/C20H24N2O3/c1-2-3-11-24-20(23)22-10-4-5-17(22)7-8-18-13-16-12-15(14-21)6-9-19(16)25-18/h6,9,12-13,17H,2-5,7-8,10-11H2,1H3/t17-/m0/s1. The van der Waals surface area contributed by atoms with E-state index in [9.17, 15) is 4.79 Å². The van der Waals surface area contributed by atoms with Crippen LogP contribution >= 0.6 is 0 Å². The molecule has 0 spiro atoms. The van der Waals surface area contributed by atoms with Crippen LogP contribution in [0.5, 0.6) is 0 Å². The predicted octanol–water partition coefficient (Wildman–Crippen LogP) is 4.64. The molecule has 1 saturated heterocycles. The highest BCUT2D eigenvalue weighted by atomic mass is 16.6. The van der Waals surface area contributed by atoms with Crippen molar-refractivity contribution in [1.82, 2.24) is 4.90 Å². The molecule has 2 heterocycles. The average molecular weight is 340 g/mol. The Morgan fingerprint density at radius 3 is 3.12 bits per heavy atom. The van der Waals surface area contributed by atoms with Gasteiger partial charge < -0.3 is 14.1 Å². The summed E-state index contributed by atoms with van der Waals surface area (Å²) < 4.78 is 11.2. The predicted molar refractivity (Wildman–Crippen MR) is 95.2 cm³/mol. The van der Waals surface area contributed by atoms with Gasteiger partial charge in [0.1, 0.15) is 11.3 Å². The average Bonchev–Trinajstić information content (AvgIpc) is 3.25. The molecule has 0 N–H and O–H groups in total. The first-order valence-corrected chi connectivity index (χ1v) is 9.07. The fourth-order valence-electron chi connectivity index (χ4n) is 3.36. The Balaban J connectivity index is 1.58. The van der Waals surface area contributed by atoms with Crippen LogP contribution in [0.4, 0.5) is 4.79 Å². The van der Waals surface area contributed by atoms with Crippen LogP contribution in [0, 0.1) is 11.3 Å². The molecule has 5 heteroatoms. The highest BCUT2D eigenvalue weighted by molar-refractivity contribution is 5.79. The molecule has 1 atom stereocenters. The van der Waals surface area contributed by atoms with E-state index in [2.05, 4.69) is 13.0 Å². The molecule has 0 aliphatic carbocycles. The first kappa shape index (κ1) is 17.3. The lowest BCUT2D eigenvalue weighted by Gasteiger charge is -2.23. The number of benzene rings is 1. The molecule has 1 aliphatic rings. The number of aryl methyl sites for hydroxylation is 1. The molecule has 0 radical (unpaired) electrons. The van der Waals surface area contributed by atoms with Crippen molar-refractivity contribution in [3.63, 3.8) is 0 Å². The number of ether oxygens (including phenoxy) is 1. The van der Waals surface area contributed by atoms with Gasteiger partial charge in [0.15, 0.2) is 0 Å². The molecule has 1 amide bonds. The van der Waals surface area contributed by atoms with Crippen LogP contribution in [0.1, 0.15) is 50.4 Å². The zero-order valence-electron chi connectivity index (χ0n) is 14.7. The summed E-state index contributed by atoms with van der Waals surface area (Å²) in [5, 5.41) is 9.93. The number of hydrogen-bond donors (Lipinski definition) is 0. The van der Waals surface area contributed by atoms with Gasteiger partial charge in [-0.3, -0.25) is 0 Å². The molecule has 0 bridgehead atoms. The van der Waals surface area contributed by atoms with E-state index in [0.717, 1.165) is 61.8 Å².